The lowest BCUT2D eigenvalue weighted by Crippen LogP contribution is -2.11. The molecule has 0 unspecified atom stereocenters. The van der Waals surface area contributed by atoms with E-state index in [1.807, 2.05) is 0 Å². The summed E-state index contributed by atoms with van der Waals surface area (Å²) in [5.74, 6) is 0. The first-order valence-corrected chi connectivity index (χ1v) is 23.3. The van der Waals surface area contributed by atoms with E-state index in [0.717, 1.165) is 56.4 Å². The normalized spacial score (nSPS) is 10.9. The molecule has 0 fully saturated rings. The number of para-hydroxylation sites is 4. The third-order valence-electron chi connectivity index (χ3n) is 12.7. The molecule has 0 radical (unpaired) electrons. The SMILES string of the molecule is c1ccc(-c2ccc(N(c3ccccc3)c3ccccc3-c3ccc(-c4ccccc4N(c4ccccc4)c4ccc(-c5ccccc5)c(-c5ccccc5)c4)cc3)cc2-c2ccccc2)cc1. The van der Waals surface area contributed by atoms with Crippen LogP contribution in [0.25, 0.3) is 66.8 Å². The van der Waals surface area contributed by atoms with Crippen LogP contribution in [0.5, 0.6) is 0 Å². The molecule has 0 spiro atoms. The van der Waals surface area contributed by atoms with Crippen LogP contribution in [0.2, 0.25) is 0 Å². The average molecular weight is 869 g/mol. The molecule has 0 saturated carbocycles. The molecule has 0 saturated heterocycles. The molecule has 0 heterocycles. The Morgan fingerprint density at radius 2 is 0.426 bits per heavy atom. The molecule has 11 aromatic carbocycles. The molecule has 0 aliphatic heterocycles. The molecule has 0 aromatic heterocycles. The highest BCUT2D eigenvalue weighted by Gasteiger charge is 2.22. The van der Waals surface area contributed by atoms with E-state index in [0.29, 0.717) is 0 Å². The maximum Gasteiger partial charge on any atom is 0.0540 e. The fourth-order valence-electron chi connectivity index (χ4n) is 9.46. The second kappa shape index (κ2) is 19.2. The second-order valence-corrected chi connectivity index (χ2v) is 16.9. The van der Waals surface area contributed by atoms with E-state index in [9.17, 15) is 0 Å². The van der Waals surface area contributed by atoms with E-state index in [2.05, 4.69) is 301 Å². The summed E-state index contributed by atoms with van der Waals surface area (Å²) in [6.07, 6.45) is 0. The van der Waals surface area contributed by atoms with Gasteiger partial charge in [0.1, 0.15) is 0 Å². The molecule has 0 aliphatic rings. The van der Waals surface area contributed by atoms with Gasteiger partial charge in [0.2, 0.25) is 0 Å². The van der Waals surface area contributed by atoms with Gasteiger partial charge >= 0.3 is 0 Å². The van der Waals surface area contributed by atoms with E-state index in [1.54, 1.807) is 0 Å². The Balaban J connectivity index is 1.01. The predicted molar refractivity (Wildman–Crippen MR) is 288 cm³/mol. The van der Waals surface area contributed by atoms with Gasteiger partial charge in [0, 0.05) is 33.9 Å². The number of hydrogen-bond donors (Lipinski definition) is 0. The molecule has 2 heteroatoms. The van der Waals surface area contributed by atoms with Crippen molar-refractivity contribution in [3.05, 3.63) is 291 Å². The molecule has 11 aromatic rings. The van der Waals surface area contributed by atoms with E-state index < -0.39 is 0 Å². The molecule has 0 aliphatic carbocycles. The molecule has 11 rings (SSSR count). The molecule has 322 valence electrons. The average Bonchev–Trinajstić information content (AvgIpc) is 3.43. The lowest BCUT2D eigenvalue weighted by Gasteiger charge is -2.29. The standard InChI is InChI=1S/C66H48N2/c1-7-23-49(24-8-1)59-45-43-57(47-63(59)51-27-11-3-12-28-51)67(55-31-15-5-16-32-55)65-37-21-19-35-61(65)53-39-41-54(42-40-53)62-36-20-22-38-66(62)68(56-33-17-6-18-34-56)58-44-46-60(50-25-9-2-10-26-50)64(48-58)52-29-13-4-14-30-52/h1-48H. The molecule has 2 nitrogen and oxygen atoms in total. The Kier molecular flexibility index (Phi) is 11.8. The highest BCUT2D eigenvalue weighted by Crippen LogP contribution is 2.46. The van der Waals surface area contributed by atoms with Crippen molar-refractivity contribution in [1.82, 2.24) is 0 Å². The van der Waals surface area contributed by atoms with Crippen molar-refractivity contribution in [3.63, 3.8) is 0 Å². The van der Waals surface area contributed by atoms with Crippen molar-refractivity contribution < 1.29 is 0 Å². The fraction of sp³-hybridized carbons (Fsp3) is 0. The first-order chi connectivity index (χ1) is 33.8. The van der Waals surface area contributed by atoms with Crippen molar-refractivity contribution in [2.75, 3.05) is 9.80 Å². The van der Waals surface area contributed by atoms with Gasteiger partial charge in [-0.1, -0.05) is 231 Å². The van der Waals surface area contributed by atoms with Crippen molar-refractivity contribution in [2.45, 2.75) is 0 Å². The van der Waals surface area contributed by atoms with Crippen LogP contribution in [0.4, 0.5) is 34.1 Å². The topological polar surface area (TPSA) is 6.48 Å². The van der Waals surface area contributed by atoms with Crippen molar-refractivity contribution in [3.8, 4) is 66.8 Å². The maximum atomic E-state index is 2.39. The molecule has 0 bridgehead atoms. The zero-order valence-electron chi connectivity index (χ0n) is 37.6. The highest BCUT2D eigenvalue weighted by atomic mass is 15.1. The lowest BCUT2D eigenvalue weighted by atomic mass is 9.93. The number of benzene rings is 11. The van der Waals surface area contributed by atoms with Crippen molar-refractivity contribution in [1.29, 1.82) is 0 Å². The maximum absolute atomic E-state index is 2.39. The molecule has 0 amide bonds. The summed E-state index contributed by atoms with van der Waals surface area (Å²) in [4.78, 5) is 4.79. The highest BCUT2D eigenvalue weighted by molar-refractivity contribution is 5.95. The number of anilines is 6. The minimum absolute atomic E-state index is 1.08. The summed E-state index contributed by atoms with van der Waals surface area (Å²) in [5.41, 5.74) is 20.6. The largest absolute Gasteiger partial charge is 0.310 e. The minimum Gasteiger partial charge on any atom is -0.310 e. The van der Waals surface area contributed by atoms with E-state index in [-0.39, 0.29) is 0 Å². The Morgan fingerprint density at radius 3 is 0.765 bits per heavy atom. The van der Waals surface area contributed by atoms with Crippen molar-refractivity contribution >= 4 is 34.1 Å². The molecule has 68 heavy (non-hydrogen) atoms. The lowest BCUT2D eigenvalue weighted by molar-refractivity contribution is 1.28. The summed E-state index contributed by atoms with van der Waals surface area (Å²) in [6.45, 7) is 0. The Bertz CT molecular complexity index is 3180. The van der Waals surface area contributed by atoms with Gasteiger partial charge < -0.3 is 9.80 Å². The summed E-state index contributed by atoms with van der Waals surface area (Å²) >= 11 is 0. The number of nitrogens with zero attached hydrogens (tertiary/aromatic N) is 2. The quantitative estimate of drug-likeness (QED) is 0.121. The molecule has 0 atom stereocenters. The van der Waals surface area contributed by atoms with Crippen LogP contribution >= 0.6 is 0 Å². The number of hydrogen-bond acceptors (Lipinski definition) is 2. The van der Waals surface area contributed by atoms with E-state index in [4.69, 9.17) is 0 Å². The second-order valence-electron chi connectivity index (χ2n) is 16.9. The van der Waals surface area contributed by atoms with Gasteiger partial charge in [-0.15, -0.1) is 0 Å². The molecule has 0 N–H and O–H groups in total. The van der Waals surface area contributed by atoms with Crippen LogP contribution in [0.15, 0.2) is 291 Å². The Hall–Kier alpha value is -8.98. The van der Waals surface area contributed by atoms with Gasteiger partial charge in [0.25, 0.3) is 0 Å². The molecular formula is C66H48N2. The first kappa shape index (κ1) is 41.7. The van der Waals surface area contributed by atoms with Crippen LogP contribution in [0.1, 0.15) is 0 Å². The van der Waals surface area contributed by atoms with Crippen LogP contribution < -0.4 is 9.80 Å². The minimum atomic E-state index is 1.08. The zero-order valence-corrected chi connectivity index (χ0v) is 37.6. The van der Waals surface area contributed by atoms with E-state index >= 15 is 0 Å². The van der Waals surface area contributed by atoms with Crippen LogP contribution in [-0.4, -0.2) is 0 Å². The van der Waals surface area contributed by atoms with Crippen LogP contribution in [0, 0.1) is 0 Å². The summed E-state index contributed by atoms with van der Waals surface area (Å²) < 4.78 is 0. The third kappa shape index (κ3) is 8.51. The van der Waals surface area contributed by atoms with Crippen molar-refractivity contribution in [2.24, 2.45) is 0 Å². The summed E-state index contributed by atoms with van der Waals surface area (Å²) in [7, 11) is 0. The summed E-state index contributed by atoms with van der Waals surface area (Å²) in [6, 6.07) is 105. The molecular weight excluding hydrogens is 821 g/mol. The first-order valence-electron chi connectivity index (χ1n) is 23.3. The predicted octanol–water partition coefficient (Wildman–Crippen LogP) is 18.6. The van der Waals surface area contributed by atoms with E-state index in [1.165, 1.54) is 44.5 Å². The van der Waals surface area contributed by atoms with Gasteiger partial charge in [-0.2, -0.15) is 0 Å². The van der Waals surface area contributed by atoms with Crippen LogP contribution in [-0.2, 0) is 0 Å². The van der Waals surface area contributed by atoms with Gasteiger partial charge in [-0.25, -0.2) is 0 Å². The summed E-state index contributed by atoms with van der Waals surface area (Å²) in [5, 5.41) is 0. The zero-order chi connectivity index (χ0) is 45.5. The Morgan fingerprint density at radius 1 is 0.162 bits per heavy atom. The smallest absolute Gasteiger partial charge is 0.0540 e. The van der Waals surface area contributed by atoms with Gasteiger partial charge in [-0.3, -0.25) is 0 Å². The monoisotopic (exact) mass is 868 g/mol. The third-order valence-corrected chi connectivity index (χ3v) is 12.7. The Labute approximate surface area is 400 Å². The van der Waals surface area contributed by atoms with Crippen LogP contribution in [0.3, 0.4) is 0 Å². The fourth-order valence-corrected chi connectivity index (χ4v) is 9.46. The van der Waals surface area contributed by atoms with Gasteiger partial charge in [0.15, 0.2) is 0 Å². The van der Waals surface area contributed by atoms with Gasteiger partial charge in [0.05, 0.1) is 11.4 Å². The number of rotatable bonds is 12. The van der Waals surface area contributed by atoms with Gasteiger partial charge in [-0.05, 0) is 116 Å².